The number of amides is 1. The van der Waals surface area contributed by atoms with E-state index in [1.807, 2.05) is 80.6 Å². The molecule has 3 aromatic rings. The Morgan fingerprint density at radius 1 is 0.903 bits per heavy atom. The summed E-state index contributed by atoms with van der Waals surface area (Å²) in [5, 5.41) is 6.05. The van der Waals surface area contributed by atoms with E-state index in [1.54, 1.807) is 0 Å². The molecule has 2 N–H and O–H groups in total. The Bertz CT molecular complexity index is 940. The monoisotopic (exact) mass is 418 g/mol. The summed E-state index contributed by atoms with van der Waals surface area (Å²) in [6.45, 7) is 4.72. The van der Waals surface area contributed by atoms with Crippen molar-refractivity contribution in [3.8, 4) is 11.5 Å². The molecule has 3 rings (SSSR count). The SMILES string of the molecule is CC(C)Oc1ccc(NC(=O)CNc2ccccc2OCCCc2ccccc2)cc1. The highest BCUT2D eigenvalue weighted by molar-refractivity contribution is 5.94. The second kappa shape index (κ2) is 11.6. The van der Waals surface area contributed by atoms with Crippen molar-refractivity contribution in [2.24, 2.45) is 0 Å². The third-order valence-electron chi connectivity index (χ3n) is 4.55. The highest BCUT2D eigenvalue weighted by atomic mass is 16.5. The summed E-state index contributed by atoms with van der Waals surface area (Å²) in [4.78, 5) is 12.3. The fraction of sp³-hybridized carbons (Fsp3) is 0.269. The lowest BCUT2D eigenvalue weighted by atomic mass is 10.1. The number of hydrogen-bond acceptors (Lipinski definition) is 4. The second-order valence-electron chi connectivity index (χ2n) is 7.53. The topological polar surface area (TPSA) is 59.6 Å². The van der Waals surface area contributed by atoms with Gasteiger partial charge < -0.3 is 20.1 Å². The molecule has 162 valence electrons. The van der Waals surface area contributed by atoms with Crippen molar-refractivity contribution in [2.45, 2.75) is 32.8 Å². The van der Waals surface area contributed by atoms with Crippen LogP contribution >= 0.6 is 0 Å². The number of anilines is 2. The third kappa shape index (κ3) is 7.70. The molecule has 5 heteroatoms. The number of aryl methyl sites for hydroxylation is 1. The van der Waals surface area contributed by atoms with Gasteiger partial charge in [0.05, 0.1) is 24.9 Å². The molecule has 0 saturated heterocycles. The molecule has 0 unspecified atom stereocenters. The fourth-order valence-electron chi connectivity index (χ4n) is 3.11. The second-order valence-corrected chi connectivity index (χ2v) is 7.53. The highest BCUT2D eigenvalue weighted by Gasteiger charge is 2.07. The molecule has 0 saturated carbocycles. The number of carbonyl (C=O) groups excluding carboxylic acids is 1. The largest absolute Gasteiger partial charge is 0.491 e. The average molecular weight is 419 g/mol. The molecule has 0 aliphatic heterocycles. The van der Waals surface area contributed by atoms with Crippen molar-refractivity contribution >= 4 is 17.3 Å². The van der Waals surface area contributed by atoms with Crippen LogP contribution in [-0.2, 0) is 11.2 Å². The first-order valence-electron chi connectivity index (χ1n) is 10.7. The third-order valence-corrected chi connectivity index (χ3v) is 4.55. The quantitative estimate of drug-likeness (QED) is 0.402. The normalized spacial score (nSPS) is 10.5. The molecule has 0 atom stereocenters. The Labute approximate surface area is 184 Å². The van der Waals surface area contributed by atoms with Crippen molar-refractivity contribution in [1.29, 1.82) is 0 Å². The van der Waals surface area contributed by atoms with Crippen molar-refractivity contribution in [2.75, 3.05) is 23.8 Å². The predicted molar refractivity (Wildman–Crippen MR) is 126 cm³/mol. The zero-order chi connectivity index (χ0) is 21.9. The fourth-order valence-corrected chi connectivity index (χ4v) is 3.11. The smallest absolute Gasteiger partial charge is 0.243 e. The van der Waals surface area contributed by atoms with Gasteiger partial charge in [-0.05, 0) is 68.7 Å². The van der Waals surface area contributed by atoms with Gasteiger partial charge in [0.15, 0.2) is 0 Å². The molecular weight excluding hydrogens is 388 g/mol. The molecule has 0 spiro atoms. The van der Waals surface area contributed by atoms with E-state index in [4.69, 9.17) is 9.47 Å². The molecule has 0 heterocycles. The molecule has 5 nitrogen and oxygen atoms in total. The summed E-state index contributed by atoms with van der Waals surface area (Å²) < 4.78 is 11.6. The van der Waals surface area contributed by atoms with E-state index in [0.717, 1.165) is 35.7 Å². The number of hydrogen-bond donors (Lipinski definition) is 2. The van der Waals surface area contributed by atoms with Gasteiger partial charge in [-0.25, -0.2) is 0 Å². The Kier molecular flexibility index (Phi) is 8.35. The van der Waals surface area contributed by atoms with Crippen LogP contribution in [0.15, 0.2) is 78.9 Å². The lowest BCUT2D eigenvalue weighted by Gasteiger charge is -2.14. The van der Waals surface area contributed by atoms with E-state index in [-0.39, 0.29) is 18.6 Å². The van der Waals surface area contributed by atoms with Gasteiger partial charge in [0.2, 0.25) is 5.91 Å². The number of rotatable bonds is 11. The van der Waals surface area contributed by atoms with E-state index in [2.05, 4.69) is 22.8 Å². The van der Waals surface area contributed by atoms with Crippen LogP contribution in [-0.4, -0.2) is 25.2 Å². The Balaban J connectivity index is 1.45. The highest BCUT2D eigenvalue weighted by Crippen LogP contribution is 2.24. The molecular formula is C26H30N2O3. The molecule has 0 aliphatic carbocycles. The number of carbonyl (C=O) groups is 1. The maximum atomic E-state index is 12.3. The standard InChI is InChI=1S/C26H30N2O3/c1-20(2)31-23-16-14-22(15-17-23)28-26(29)19-27-24-12-6-7-13-25(24)30-18-8-11-21-9-4-3-5-10-21/h3-7,9-10,12-17,20,27H,8,11,18-19H2,1-2H3,(H,28,29). The van der Waals surface area contributed by atoms with Crippen LogP contribution in [0.5, 0.6) is 11.5 Å². The molecule has 31 heavy (non-hydrogen) atoms. The Hall–Kier alpha value is -3.47. The van der Waals surface area contributed by atoms with E-state index in [9.17, 15) is 4.79 Å². The Morgan fingerprint density at radius 2 is 1.61 bits per heavy atom. The van der Waals surface area contributed by atoms with Gasteiger partial charge in [0.25, 0.3) is 0 Å². The molecule has 0 aromatic heterocycles. The first kappa shape index (κ1) is 22.2. The summed E-state index contributed by atoms with van der Waals surface area (Å²) in [6.07, 6.45) is 2.01. The van der Waals surface area contributed by atoms with Crippen LogP contribution in [0.4, 0.5) is 11.4 Å². The van der Waals surface area contributed by atoms with Crippen LogP contribution in [0, 0.1) is 0 Å². The molecule has 3 aromatic carbocycles. The van der Waals surface area contributed by atoms with Crippen LogP contribution in [0.25, 0.3) is 0 Å². The van der Waals surface area contributed by atoms with Gasteiger partial charge in [0.1, 0.15) is 11.5 Å². The van der Waals surface area contributed by atoms with Gasteiger partial charge in [-0.2, -0.15) is 0 Å². The maximum Gasteiger partial charge on any atom is 0.243 e. The molecule has 0 radical (unpaired) electrons. The van der Waals surface area contributed by atoms with Gasteiger partial charge >= 0.3 is 0 Å². The summed E-state index contributed by atoms with van der Waals surface area (Å²) in [6, 6.07) is 25.4. The van der Waals surface area contributed by atoms with Gasteiger partial charge in [-0.1, -0.05) is 42.5 Å². The minimum absolute atomic E-state index is 0.116. The first-order chi connectivity index (χ1) is 15.1. The van der Waals surface area contributed by atoms with Crippen LogP contribution < -0.4 is 20.1 Å². The van der Waals surface area contributed by atoms with Crippen molar-refractivity contribution in [1.82, 2.24) is 0 Å². The number of para-hydroxylation sites is 2. The molecule has 0 fully saturated rings. The van der Waals surface area contributed by atoms with Crippen molar-refractivity contribution < 1.29 is 14.3 Å². The van der Waals surface area contributed by atoms with Crippen LogP contribution in [0.3, 0.4) is 0 Å². The summed E-state index contributed by atoms with van der Waals surface area (Å²) >= 11 is 0. The van der Waals surface area contributed by atoms with Crippen LogP contribution in [0.2, 0.25) is 0 Å². The summed E-state index contributed by atoms with van der Waals surface area (Å²) in [7, 11) is 0. The average Bonchev–Trinajstić information content (AvgIpc) is 2.78. The predicted octanol–water partition coefficient (Wildman–Crippen LogP) is 5.54. The van der Waals surface area contributed by atoms with Crippen LogP contribution in [0.1, 0.15) is 25.8 Å². The number of benzene rings is 3. The molecule has 0 aliphatic rings. The minimum atomic E-state index is -0.128. The van der Waals surface area contributed by atoms with Gasteiger partial charge in [-0.3, -0.25) is 4.79 Å². The zero-order valence-electron chi connectivity index (χ0n) is 18.1. The van der Waals surface area contributed by atoms with E-state index < -0.39 is 0 Å². The lowest BCUT2D eigenvalue weighted by molar-refractivity contribution is -0.114. The van der Waals surface area contributed by atoms with Gasteiger partial charge in [0, 0.05) is 5.69 Å². The maximum absolute atomic E-state index is 12.3. The summed E-state index contributed by atoms with van der Waals surface area (Å²) in [5.41, 5.74) is 2.84. The molecule has 1 amide bonds. The van der Waals surface area contributed by atoms with E-state index in [1.165, 1.54) is 5.56 Å². The van der Waals surface area contributed by atoms with E-state index >= 15 is 0 Å². The first-order valence-corrected chi connectivity index (χ1v) is 10.7. The summed E-state index contributed by atoms with van der Waals surface area (Å²) in [5.74, 6) is 1.40. The van der Waals surface area contributed by atoms with Crippen molar-refractivity contribution in [3.05, 3.63) is 84.4 Å². The van der Waals surface area contributed by atoms with Gasteiger partial charge in [-0.15, -0.1) is 0 Å². The Morgan fingerprint density at radius 3 is 2.35 bits per heavy atom. The molecule has 0 bridgehead atoms. The minimum Gasteiger partial charge on any atom is -0.491 e. The van der Waals surface area contributed by atoms with E-state index in [0.29, 0.717) is 6.61 Å². The van der Waals surface area contributed by atoms with Crippen molar-refractivity contribution in [3.63, 3.8) is 0 Å². The zero-order valence-corrected chi connectivity index (χ0v) is 18.1. The number of nitrogens with one attached hydrogen (secondary N) is 2. The number of ether oxygens (including phenoxy) is 2. The lowest BCUT2D eigenvalue weighted by Crippen LogP contribution is -2.22.